The number of nitrogens with one attached hydrogen (secondary N) is 1. The van der Waals surface area contributed by atoms with Gasteiger partial charge >= 0.3 is 0 Å². The number of carbonyl (C=O) groups excluding carboxylic acids is 1. The van der Waals surface area contributed by atoms with E-state index in [1.165, 1.54) is 38.4 Å². The maximum Gasteiger partial charge on any atom is 0.291 e. The molecule has 1 heterocycles. The van der Waals surface area contributed by atoms with Crippen LogP contribution in [0.15, 0.2) is 45.7 Å². The maximum absolute atomic E-state index is 12.0. The lowest BCUT2D eigenvalue weighted by Crippen LogP contribution is -2.22. The number of amides is 1. The molecule has 0 saturated heterocycles. The lowest BCUT2D eigenvalue weighted by atomic mass is 10.3. The molecule has 1 aromatic heterocycles. The summed E-state index contributed by atoms with van der Waals surface area (Å²) in [7, 11) is -0.686. The number of anilines is 1. The van der Waals surface area contributed by atoms with Gasteiger partial charge in [0.25, 0.3) is 5.91 Å². The van der Waals surface area contributed by atoms with Crippen LogP contribution in [-0.2, 0) is 10.0 Å². The Balaban J connectivity index is 2.25. The fourth-order valence-corrected chi connectivity index (χ4v) is 2.67. The number of hydrogen-bond donors (Lipinski definition) is 1. The molecular formula is C13H13ClN2O4S. The molecule has 1 N–H and O–H groups in total. The van der Waals surface area contributed by atoms with Gasteiger partial charge in [0.1, 0.15) is 0 Å². The predicted molar refractivity (Wildman–Crippen MR) is 79.0 cm³/mol. The van der Waals surface area contributed by atoms with E-state index in [0.29, 0.717) is 5.69 Å². The third-order valence-electron chi connectivity index (χ3n) is 2.67. The van der Waals surface area contributed by atoms with Crippen molar-refractivity contribution in [2.45, 2.75) is 4.90 Å². The zero-order valence-electron chi connectivity index (χ0n) is 11.3. The minimum Gasteiger partial charge on any atom is -0.440 e. The van der Waals surface area contributed by atoms with E-state index < -0.39 is 15.9 Å². The van der Waals surface area contributed by atoms with E-state index in [0.717, 1.165) is 4.31 Å². The van der Waals surface area contributed by atoms with Crippen molar-refractivity contribution in [1.82, 2.24) is 4.31 Å². The topological polar surface area (TPSA) is 79.6 Å². The first-order valence-electron chi connectivity index (χ1n) is 5.90. The van der Waals surface area contributed by atoms with Crippen molar-refractivity contribution in [2.75, 3.05) is 19.4 Å². The molecule has 2 rings (SSSR count). The van der Waals surface area contributed by atoms with Gasteiger partial charge in [0.2, 0.25) is 10.0 Å². The number of halogens is 1. The summed E-state index contributed by atoms with van der Waals surface area (Å²) < 4.78 is 30.1. The molecule has 8 heteroatoms. The van der Waals surface area contributed by atoms with E-state index in [4.69, 9.17) is 16.0 Å². The van der Waals surface area contributed by atoms with Gasteiger partial charge in [0.05, 0.1) is 4.90 Å². The van der Waals surface area contributed by atoms with Crippen molar-refractivity contribution in [1.29, 1.82) is 0 Å². The molecule has 0 fully saturated rings. The molecule has 2 aromatic rings. The molecule has 1 aromatic carbocycles. The molecule has 0 aliphatic rings. The van der Waals surface area contributed by atoms with Crippen LogP contribution in [0.3, 0.4) is 0 Å². The third kappa shape index (κ3) is 3.44. The Bertz CT molecular complexity index is 768. The fourth-order valence-electron chi connectivity index (χ4n) is 1.57. The first-order chi connectivity index (χ1) is 9.80. The Kier molecular flexibility index (Phi) is 4.36. The Morgan fingerprint density at radius 3 is 2.52 bits per heavy atom. The first kappa shape index (κ1) is 15.6. The second-order valence-electron chi connectivity index (χ2n) is 4.37. The normalized spacial score (nSPS) is 11.6. The van der Waals surface area contributed by atoms with Crippen LogP contribution < -0.4 is 5.32 Å². The molecule has 112 valence electrons. The largest absolute Gasteiger partial charge is 0.440 e. The monoisotopic (exact) mass is 328 g/mol. The van der Waals surface area contributed by atoms with Crippen molar-refractivity contribution in [3.63, 3.8) is 0 Å². The second-order valence-corrected chi connectivity index (χ2v) is 6.90. The maximum atomic E-state index is 12.0. The minimum absolute atomic E-state index is 0.0425. The van der Waals surface area contributed by atoms with Crippen LogP contribution in [0, 0.1) is 0 Å². The molecule has 0 bridgehead atoms. The van der Waals surface area contributed by atoms with Gasteiger partial charge in [0, 0.05) is 19.8 Å². The van der Waals surface area contributed by atoms with Crippen LogP contribution in [0.2, 0.25) is 5.22 Å². The van der Waals surface area contributed by atoms with Crippen LogP contribution in [0.4, 0.5) is 5.69 Å². The summed E-state index contributed by atoms with van der Waals surface area (Å²) in [5.41, 5.74) is 0.343. The summed E-state index contributed by atoms with van der Waals surface area (Å²) in [6.07, 6.45) is 0. The van der Waals surface area contributed by atoms with Crippen molar-refractivity contribution < 1.29 is 17.6 Å². The van der Waals surface area contributed by atoms with Gasteiger partial charge in [-0.25, -0.2) is 12.7 Å². The van der Waals surface area contributed by atoms with Crippen LogP contribution in [-0.4, -0.2) is 32.7 Å². The van der Waals surface area contributed by atoms with Crippen LogP contribution in [0.1, 0.15) is 10.6 Å². The summed E-state index contributed by atoms with van der Waals surface area (Å²) in [6, 6.07) is 8.83. The van der Waals surface area contributed by atoms with E-state index >= 15 is 0 Å². The zero-order valence-corrected chi connectivity index (χ0v) is 12.9. The van der Waals surface area contributed by atoms with E-state index in [9.17, 15) is 13.2 Å². The molecule has 6 nitrogen and oxygen atoms in total. The van der Waals surface area contributed by atoms with Gasteiger partial charge in [-0.05, 0) is 41.9 Å². The second kappa shape index (κ2) is 5.88. The molecule has 0 radical (unpaired) electrons. The Hall–Kier alpha value is -1.83. The molecule has 0 atom stereocenters. The Labute approximate surface area is 127 Å². The first-order valence-corrected chi connectivity index (χ1v) is 7.72. The number of nitrogens with zero attached hydrogens (tertiary/aromatic N) is 1. The highest BCUT2D eigenvalue weighted by Gasteiger charge is 2.18. The average molecular weight is 329 g/mol. The van der Waals surface area contributed by atoms with E-state index in [1.807, 2.05) is 0 Å². The summed E-state index contributed by atoms with van der Waals surface area (Å²) in [5.74, 6) is -0.470. The van der Waals surface area contributed by atoms with E-state index in [2.05, 4.69) is 5.32 Å². The van der Waals surface area contributed by atoms with Crippen molar-refractivity contribution in [2.24, 2.45) is 0 Å². The van der Waals surface area contributed by atoms with Gasteiger partial charge in [-0.1, -0.05) is 6.07 Å². The molecular weight excluding hydrogens is 316 g/mol. The van der Waals surface area contributed by atoms with E-state index in [-0.39, 0.29) is 15.9 Å². The SMILES string of the molecule is CN(C)S(=O)(=O)c1cccc(NC(=O)c2ccc(Cl)o2)c1. The minimum atomic E-state index is -3.56. The number of carbonyl (C=O) groups is 1. The quantitative estimate of drug-likeness (QED) is 0.934. The highest BCUT2D eigenvalue weighted by atomic mass is 35.5. The lowest BCUT2D eigenvalue weighted by Gasteiger charge is -2.12. The highest BCUT2D eigenvalue weighted by Crippen LogP contribution is 2.19. The summed E-state index contributed by atoms with van der Waals surface area (Å²) in [5, 5.41) is 2.65. The van der Waals surface area contributed by atoms with Gasteiger partial charge < -0.3 is 9.73 Å². The van der Waals surface area contributed by atoms with E-state index in [1.54, 1.807) is 12.1 Å². The Morgan fingerprint density at radius 1 is 1.24 bits per heavy atom. The predicted octanol–water partition coefficient (Wildman–Crippen LogP) is 2.44. The fraction of sp³-hybridized carbons (Fsp3) is 0.154. The number of hydrogen-bond acceptors (Lipinski definition) is 4. The standard InChI is InChI=1S/C13H13ClN2O4S/c1-16(2)21(18,19)10-5-3-4-9(8-10)15-13(17)11-6-7-12(14)20-11/h3-8H,1-2H3,(H,15,17). The number of furan rings is 1. The van der Waals surface area contributed by atoms with Crippen molar-refractivity contribution in [3.05, 3.63) is 47.4 Å². The molecule has 21 heavy (non-hydrogen) atoms. The summed E-state index contributed by atoms with van der Waals surface area (Å²) >= 11 is 5.60. The van der Waals surface area contributed by atoms with Gasteiger partial charge in [0.15, 0.2) is 11.0 Å². The zero-order chi connectivity index (χ0) is 15.6. The van der Waals surface area contributed by atoms with Gasteiger partial charge in [-0.3, -0.25) is 4.79 Å². The smallest absolute Gasteiger partial charge is 0.291 e. The molecule has 0 aliphatic carbocycles. The lowest BCUT2D eigenvalue weighted by molar-refractivity contribution is 0.0996. The number of benzene rings is 1. The van der Waals surface area contributed by atoms with Crippen LogP contribution in [0.25, 0.3) is 0 Å². The van der Waals surface area contributed by atoms with Gasteiger partial charge in [-0.15, -0.1) is 0 Å². The molecule has 0 spiro atoms. The number of rotatable bonds is 4. The third-order valence-corrected chi connectivity index (χ3v) is 4.68. The van der Waals surface area contributed by atoms with Crippen molar-refractivity contribution in [3.8, 4) is 0 Å². The van der Waals surface area contributed by atoms with Crippen molar-refractivity contribution >= 4 is 33.2 Å². The number of sulfonamides is 1. The average Bonchev–Trinajstić information content (AvgIpc) is 2.85. The summed E-state index contributed by atoms with van der Waals surface area (Å²) in [4.78, 5) is 12.0. The molecule has 0 saturated carbocycles. The van der Waals surface area contributed by atoms with Gasteiger partial charge in [-0.2, -0.15) is 0 Å². The highest BCUT2D eigenvalue weighted by molar-refractivity contribution is 7.89. The molecule has 0 unspecified atom stereocenters. The summed E-state index contributed by atoms with van der Waals surface area (Å²) in [6.45, 7) is 0. The Morgan fingerprint density at radius 2 is 1.95 bits per heavy atom. The molecule has 1 amide bonds. The van der Waals surface area contributed by atoms with Crippen LogP contribution in [0.5, 0.6) is 0 Å². The molecule has 0 aliphatic heterocycles. The van der Waals surface area contributed by atoms with Crippen LogP contribution >= 0.6 is 11.6 Å².